The molecule has 0 bridgehead atoms. The minimum absolute atomic E-state index is 0.0241. The van der Waals surface area contributed by atoms with Gasteiger partial charge in [0.25, 0.3) is 11.8 Å². The van der Waals surface area contributed by atoms with Crippen molar-refractivity contribution in [1.29, 1.82) is 0 Å². The number of urea groups is 1. The highest BCUT2D eigenvalue weighted by Crippen LogP contribution is 2.31. The van der Waals surface area contributed by atoms with Crippen LogP contribution in [0.5, 0.6) is 0 Å². The molecule has 2 saturated heterocycles. The molecule has 3 N–H and O–H groups in total. The lowest BCUT2D eigenvalue weighted by atomic mass is 9.79. The molecule has 0 aromatic carbocycles. The maximum absolute atomic E-state index is 12.4. The number of hydrogen-bond acceptors (Lipinski definition) is 5. The van der Waals surface area contributed by atoms with Gasteiger partial charge in [-0.15, -0.1) is 0 Å². The zero-order valence-electron chi connectivity index (χ0n) is 13.0. The van der Waals surface area contributed by atoms with Gasteiger partial charge in [0.1, 0.15) is 5.54 Å². The van der Waals surface area contributed by atoms with Gasteiger partial charge in [-0.25, -0.2) is 9.59 Å². The zero-order valence-corrected chi connectivity index (χ0v) is 13.0. The molecule has 1 aromatic heterocycles. The van der Waals surface area contributed by atoms with Crippen molar-refractivity contribution >= 4 is 23.8 Å². The van der Waals surface area contributed by atoms with Gasteiger partial charge in [0.05, 0.1) is 0 Å². The van der Waals surface area contributed by atoms with Crippen molar-refractivity contribution in [3.8, 4) is 0 Å². The van der Waals surface area contributed by atoms with Crippen LogP contribution in [0.15, 0.2) is 16.5 Å². The third-order valence-corrected chi connectivity index (χ3v) is 4.70. The summed E-state index contributed by atoms with van der Waals surface area (Å²) in [5.74, 6) is -2.36. The van der Waals surface area contributed by atoms with E-state index < -0.39 is 17.5 Å². The summed E-state index contributed by atoms with van der Waals surface area (Å²) in [6.45, 7) is 2.47. The van der Waals surface area contributed by atoms with Crippen molar-refractivity contribution in [2.45, 2.75) is 25.3 Å². The van der Waals surface area contributed by atoms with Crippen LogP contribution in [0.4, 0.5) is 4.79 Å². The summed E-state index contributed by atoms with van der Waals surface area (Å²) in [7, 11) is 0. The molecule has 0 spiro atoms. The molecule has 4 amide bonds. The van der Waals surface area contributed by atoms with Gasteiger partial charge in [0, 0.05) is 13.1 Å². The van der Waals surface area contributed by atoms with Crippen LogP contribution in [0.2, 0.25) is 0 Å². The number of piperidine rings is 1. The lowest BCUT2D eigenvalue weighted by Gasteiger charge is -2.38. The molecule has 1 atom stereocenters. The third-order valence-electron chi connectivity index (χ3n) is 4.70. The fraction of sp³-hybridized carbons (Fsp3) is 0.467. The number of amides is 4. The van der Waals surface area contributed by atoms with Crippen LogP contribution in [0.25, 0.3) is 0 Å². The topological polar surface area (TPSA) is 129 Å². The maximum Gasteiger partial charge on any atom is 0.371 e. The predicted molar refractivity (Wildman–Crippen MR) is 79.4 cm³/mol. The SMILES string of the molecule is CC1(C2CCN(C(=O)c3ccc(C(=O)O)o3)CC2)NC(=O)NC1=O. The number of hydrogen-bond donors (Lipinski definition) is 3. The molecule has 2 fully saturated rings. The van der Waals surface area contributed by atoms with Gasteiger partial charge < -0.3 is 19.7 Å². The molecule has 128 valence electrons. The number of furan rings is 1. The highest BCUT2D eigenvalue weighted by molar-refractivity contribution is 6.07. The Morgan fingerprint density at radius 3 is 2.38 bits per heavy atom. The van der Waals surface area contributed by atoms with Gasteiger partial charge >= 0.3 is 12.0 Å². The first-order valence-corrected chi connectivity index (χ1v) is 7.57. The van der Waals surface area contributed by atoms with Crippen molar-refractivity contribution in [3.05, 3.63) is 23.7 Å². The quantitative estimate of drug-likeness (QED) is 0.687. The maximum atomic E-state index is 12.4. The van der Waals surface area contributed by atoms with Gasteiger partial charge in [-0.05, 0) is 37.8 Å². The summed E-state index contributed by atoms with van der Waals surface area (Å²) in [4.78, 5) is 48.0. The van der Waals surface area contributed by atoms with E-state index in [-0.39, 0.29) is 29.3 Å². The van der Waals surface area contributed by atoms with E-state index in [0.29, 0.717) is 25.9 Å². The third kappa shape index (κ3) is 2.61. The number of rotatable bonds is 3. The summed E-state index contributed by atoms with van der Waals surface area (Å²) in [5, 5.41) is 13.7. The van der Waals surface area contributed by atoms with Crippen LogP contribution in [0.1, 0.15) is 40.9 Å². The van der Waals surface area contributed by atoms with Crippen molar-refractivity contribution in [3.63, 3.8) is 0 Å². The summed E-state index contributed by atoms with van der Waals surface area (Å²) < 4.78 is 5.03. The van der Waals surface area contributed by atoms with E-state index in [0.717, 1.165) is 0 Å². The first-order valence-electron chi connectivity index (χ1n) is 7.57. The Morgan fingerprint density at radius 1 is 1.25 bits per heavy atom. The lowest BCUT2D eigenvalue weighted by Crippen LogP contribution is -2.54. The van der Waals surface area contributed by atoms with E-state index in [1.54, 1.807) is 11.8 Å². The minimum Gasteiger partial charge on any atom is -0.475 e. The summed E-state index contributed by atoms with van der Waals surface area (Å²) in [6, 6.07) is 2.07. The van der Waals surface area contributed by atoms with E-state index in [1.165, 1.54) is 12.1 Å². The number of imide groups is 1. The zero-order chi connectivity index (χ0) is 17.5. The fourth-order valence-corrected chi connectivity index (χ4v) is 3.23. The molecule has 9 nitrogen and oxygen atoms in total. The molecule has 2 aliphatic heterocycles. The highest BCUT2D eigenvalue weighted by Gasteiger charge is 2.48. The molecule has 9 heteroatoms. The lowest BCUT2D eigenvalue weighted by molar-refractivity contribution is -0.125. The van der Waals surface area contributed by atoms with Crippen LogP contribution < -0.4 is 10.6 Å². The van der Waals surface area contributed by atoms with Crippen molar-refractivity contribution < 1.29 is 28.7 Å². The fourth-order valence-electron chi connectivity index (χ4n) is 3.23. The molecular formula is C15H17N3O6. The van der Waals surface area contributed by atoms with Gasteiger partial charge in [0.15, 0.2) is 5.76 Å². The van der Waals surface area contributed by atoms with Gasteiger partial charge in [0.2, 0.25) is 5.76 Å². The number of nitrogens with one attached hydrogen (secondary N) is 2. The average molecular weight is 335 g/mol. The molecule has 3 heterocycles. The van der Waals surface area contributed by atoms with Gasteiger partial charge in [-0.1, -0.05) is 0 Å². The van der Waals surface area contributed by atoms with Crippen LogP contribution in [-0.2, 0) is 4.79 Å². The van der Waals surface area contributed by atoms with Crippen molar-refractivity contribution in [1.82, 2.24) is 15.5 Å². The van der Waals surface area contributed by atoms with E-state index >= 15 is 0 Å². The largest absolute Gasteiger partial charge is 0.475 e. The normalized spacial score (nSPS) is 24.6. The Bertz CT molecular complexity index is 719. The van der Waals surface area contributed by atoms with E-state index in [1.807, 2.05) is 0 Å². The Kier molecular flexibility index (Phi) is 3.78. The van der Waals surface area contributed by atoms with Crippen LogP contribution in [0.3, 0.4) is 0 Å². The first-order chi connectivity index (χ1) is 11.3. The minimum atomic E-state index is -1.23. The number of carbonyl (C=O) groups excluding carboxylic acids is 3. The number of carbonyl (C=O) groups is 4. The Hall–Kier alpha value is -2.84. The van der Waals surface area contributed by atoms with E-state index in [2.05, 4.69) is 10.6 Å². The molecule has 1 aromatic rings. The molecule has 0 aliphatic carbocycles. The molecule has 0 saturated carbocycles. The number of carboxylic acids is 1. The Balaban J connectivity index is 1.64. The standard InChI is InChI=1S/C15H17N3O6/c1-15(13(22)16-14(23)17-15)8-4-6-18(7-5-8)11(19)9-2-3-10(24-9)12(20)21/h2-3,8H,4-7H2,1H3,(H,20,21)(H2,16,17,22,23). The molecule has 3 rings (SSSR count). The summed E-state index contributed by atoms with van der Waals surface area (Å²) in [6.07, 6.45) is 1.09. The number of aromatic carboxylic acids is 1. The second-order valence-electron chi connectivity index (χ2n) is 6.15. The average Bonchev–Trinajstić information content (AvgIpc) is 3.13. The molecule has 2 aliphatic rings. The molecule has 1 unspecified atom stereocenters. The second-order valence-corrected chi connectivity index (χ2v) is 6.15. The molecular weight excluding hydrogens is 318 g/mol. The van der Waals surface area contributed by atoms with Crippen LogP contribution >= 0.6 is 0 Å². The molecule has 24 heavy (non-hydrogen) atoms. The number of carboxylic acid groups (broad SMARTS) is 1. The predicted octanol–water partition coefficient (Wildman–Crippen LogP) is 0.428. The number of nitrogens with zero attached hydrogens (tertiary/aromatic N) is 1. The van der Waals surface area contributed by atoms with Crippen molar-refractivity contribution in [2.75, 3.05) is 13.1 Å². The van der Waals surface area contributed by atoms with Gasteiger partial charge in [-0.2, -0.15) is 0 Å². The monoisotopic (exact) mass is 335 g/mol. The van der Waals surface area contributed by atoms with E-state index in [4.69, 9.17) is 9.52 Å². The van der Waals surface area contributed by atoms with E-state index in [9.17, 15) is 19.2 Å². The Morgan fingerprint density at radius 2 is 1.88 bits per heavy atom. The van der Waals surface area contributed by atoms with Crippen LogP contribution in [-0.4, -0.2) is 52.4 Å². The molecule has 0 radical (unpaired) electrons. The first kappa shape index (κ1) is 16.0. The van der Waals surface area contributed by atoms with Gasteiger partial charge in [-0.3, -0.25) is 14.9 Å². The summed E-state index contributed by atoms with van der Waals surface area (Å²) >= 11 is 0. The highest BCUT2D eigenvalue weighted by atomic mass is 16.4. The van der Waals surface area contributed by atoms with Crippen LogP contribution in [0, 0.1) is 5.92 Å². The smallest absolute Gasteiger partial charge is 0.371 e. The number of likely N-dealkylation sites (tertiary alicyclic amines) is 1. The van der Waals surface area contributed by atoms with Crippen molar-refractivity contribution in [2.24, 2.45) is 5.92 Å². The second kappa shape index (κ2) is 5.66. The summed E-state index contributed by atoms with van der Waals surface area (Å²) in [5.41, 5.74) is -0.965. The Labute approximate surface area is 137 Å².